The van der Waals surface area contributed by atoms with Gasteiger partial charge in [0, 0.05) is 26.1 Å². The third kappa shape index (κ3) is 2.42. The van der Waals surface area contributed by atoms with E-state index in [9.17, 15) is 0 Å². The smallest absolute Gasteiger partial charge is 0.266 e. The standard InChI is InChI=1S/C8H16N4O/c1-3-12(4-2)8-10-7(5-6-9)13-11-8/h3-6,9H2,1-2H3. The van der Waals surface area contributed by atoms with E-state index in [-0.39, 0.29) is 0 Å². The third-order valence-electron chi connectivity index (χ3n) is 1.86. The van der Waals surface area contributed by atoms with Crippen molar-refractivity contribution in [3.05, 3.63) is 5.89 Å². The fourth-order valence-electron chi connectivity index (χ4n) is 1.11. The van der Waals surface area contributed by atoms with Crippen LogP contribution < -0.4 is 10.6 Å². The highest BCUT2D eigenvalue weighted by Crippen LogP contribution is 2.08. The zero-order valence-electron chi connectivity index (χ0n) is 8.16. The lowest BCUT2D eigenvalue weighted by molar-refractivity contribution is 0.379. The highest BCUT2D eigenvalue weighted by molar-refractivity contribution is 5.26. The van der Waals surface area contributed by atoms with E-state index in [2.05, 4.69) is 24.0 Å². The maximum absolute atomic E-state index is 5.37. The van der Waals surface area contributed by atoms with Crippen LogP contribution in [0.3, 0.4) is 0 Å². The number of aromatic nitrogens is 2. The van der Waals surface area contributed by atoms with Crippen LogP contribution in [0.25, 0.3) is 0 Å². The van der Waals surface area contributed by atoms with Gasteiger partial charge < -0.3 is 15.2 Å². The Kier molecular flexibility index (Phi) is 3.70. The van der Waals surface area contributed by atoms with Crippen LogP contribution in [0.4, 0.5) is 5.95 Å². The van der Waals surface area contributed by atoms with Gasteiger partial charge in [0.15, 0.2) is 0 Å². The van der Waals surface area contributed by atoms with Crippen molar-refractivity contribution >= 4 is 5.95 Å². The Hall–Kier alpha value is -1.10. The van der Waals surface area contributed by atoms with Crippen LogP contribution in [-0.4, -0.2) is 29.8 Å². The molecular formula is C8H16N4O. The van der Waals surface area contributed by atoms with Crippen LogP contribution in [0.1, 0.15) is 19.7 Å². The third-order valence-corrected chi connectivity index (χ3v) is 1.86. The Bertz CT molecular complexity index is 244. The minimum Gasteiger partial charge on any atom is -0.339 e. The largest absolute Gasteiger partial charge is 0.339 e. The molecule has 0 saturated heterocycles. The SMILES string of the molecule is CCN(CC)c1noc(CCN)n1. The van der Waals surface area contributed by atoms with Gasteiger partial charge in [-0.25, -0.2) is 0 Å². The van der Waals surface area contributed by atoms with Crippen molar-refractivity contribution in [3.8, 4) is 0 Å². The zero-order valence-corrected chi connectivity index (χ0v) is 8.16. The summed E-state index contributed by atoms with van der Waals surface area (Å²) in [5.74, 6) is 1.28. The molecule has 0 aliphatic carbocycles. The second-order valence-corrected chi connectivity index (χ2v) is 2.70. The molecule has 0 fully saturated rings. The highest BCUT2D eigenvalue weighted by atomic mass is 16.5. The van der Waals surface area contributed by atoms with E-state index in [1.54, 1.807) is 0 Å². The van der Waals surface area contributed by atoms with Gasteiger partial charge in [-0.15, -0.1) is 0 Å². The quantitative estimate of drug-likeness (QED) is 0.718. The summed E-state index contributed by atoms with van der Waals surface area (Å²) in [7, 11) is 0. The van der Waals surface area contributed by atoms with E-state index >= 15 is 0 Å². The van der Waals surface area contributed by atoms with Crippen molar-refractivity contribution < 1.29 is 4.52 Å². The number of rotatable bonds is 5. The van der Waals surface area contributed by atoms with Crippen molar-refractivity contribution in [3.63, 3.8) is 0 Å². The Labute approximate surface area is 77.9 Å². The predicted molar refractivity (Wildman–Crippen MR) is 50.6 cm³/mol. The number of nitrogens with two attached hydrogens (primary N) is 1. The van der Waals surface area contributed by atoms with Crippen molar-refractivity contribution in [1.82, 2.24) is 10.1 Å². The molecular weight excluding hydrogens is 168 g/mol. The van der Waals surface area contributed by atoms with Gasteiger partial charge in [0.05, 0.1) is 0 Å². The lowest BCUT2D eigenvalue weighted by atomic mass is 10.4. The fourth-order valence-corrected chi connectivity index (χ4v) is 1.11. The van der Waals surface area contributed by atoms with Gasteiger partial charge in [0.2, 0.25) is 5.89 Å². The van der Waals surface area contributed by atoms with Gasteiger partial charge >= 0.3 is 0 Å². The van der Waals surface area contributed by atoms with Gasteiger partial charge in [0.25, 0.3) is 5.95 Å². The summed E-state index contributed by atoms with van der Waals surface area (Å²) < 4.78 is 5.01. The molecule has 0 aliphatic heterocycles. The molecule has 74 valence electrons. The fraction of sp³-hybridized carbons (Fsp3) is 0.750. The summed E-state index contributed by atoms with van der Waals surface area (Å²) in [6, 6.07) is 0. The monoisotopic (exact) mass is 184 g/mol. The van der Waals surface area contributed by atoms with Crippen LogP contribution in [0.15, 0.2) is 4.52 Å². The molecule has 0 unspecified atom stereocenters. The van der Waals surface area contributed by atoms with E-state index < -0.39 is 0 Å². The summed E-state index contributed by atoms with van der Waals surface area (Å²) in [6.07, 6.45) is 0.647. The molecule has 0 aliphatic rings. The van der Waals surface area contributed by atoms with Crippen LogP contribution in [0.2, 0.25) is 0 Å². The van der Waals surface area contributed by atoms with Crippen molar-refractivity contribution in [2.75, 3.05) is 24.5 Å². The van der Waals surface area contributed by atoms with Gasteiger partial charge in [-0.1, -0.05) is 0 Å². The summed E-state index contributed by atoms with van der Waals surface area (Å²) in [5, 5.41) is 3.86. The maximum Gasteiger partial charge on any atom is 0.266 e. The van der Waals surface area contributed by atoms with Crippen molar-refractivity contribution in [2.45, 2.75) is 20.3 Å². The predicted octanol–water partition coefficient (Wildman–Crippen LogP) is 0.417. The first-order valence-corrected chi connectivity index (χ1v) is 4.59. The van der Waals surface area contributed by atoms with Crippen LogP contribution in [0, 0.1) is 0 Å². The topological polar surface area (TPSA) is 68.2 Å². The molecule has 1 aromatic rings. The molecule has 1 heterocycles. The molecule has 0 aromatic carbocycles. The normalized spacial score (nSPS) is 10.4. The van der Waals surface area contributed by atoms with Crippen molar-refractivity contribution in [2.24, 2.45) is 5.73 Å². The Morgan fingerprint density at radius 1 is 1.38 bits per heavy atom. The van der Waals surface area contributed by atoms with Crippen LogP contribution in [-0.2, 0) is 6.42 Å². The molecule has 1 rings (SSSR count). The van der Waals surface area contributed by atoms with E-state index in [1.165, 1.54) is 0 Å². The number of nitrogens with zero attached hydrogens (tertiary/aromatic N) is 3. The van der Waals surface area contributed by atoms with E-state index in [4.69, 9.17) is 10.3 Å². The van der Waals surface area contributed by atoms with Gasteiger partial charge in [-0.2, -0.15) is 4.98 Å². The molecule has 0 saturated carbocycles. The lowest BCUT2D eigenvalue weighted by Crippen LogP contribution is -2.23. The minimum absolute atomic E-state index is 0.542. The molecule has 1 aromatic heterocycles. The first-order valence-electron chi connectivity index (χ1n) is 4.59. The number of anilines is 1. The number of hydrogen-bond donors (Lipinski definition) is 1. The molecule has 13 heavy (non-hydrogen) atoms. The molecule has 0 radical (unpaired) electrons. The molecule has 0 atom stereocenters. The van der Waals surface area contributed by atoms with Crippen LogP contribution >= 0.6 is 0 Å². The Morgan fingerprint density at radius 3 is 2.62 bits per heavy atom. The minimum atomic E-state index is 0.542. The van der Waals surface area contributed by atoms with E-state index in [1.807, 2.05) is 4.90 Å². The second-order valence-electron chi connectivity index (χ2n) is 2.70. The summed E-state index contributed by atoms with van der Waals surface area (Å²) in [4.78, 5) is 6.24. The molecule has 0 spiro atoms. The molecule has 5 nitrogen and oxygen atoms in total. The Morgan fingerprint density at radius 2 is 2.08 bits per heavy atom. The first kappa shape index (κ1) is 9.98. The summed E-state index contributed by atoms with van der Waals surface area (Å²) in [5.41, 5.74) is 5.37. The van der Waals surface area contributed by atoms with Gasteiger partial charge in [-0.3, -0.25) is 0 Å². The molecule has 0 bridgehead atoms. The van der Waals surface area contributed by atoms with Gasteiger partial charge in [-0.05, 0) is 19.0 Å². The summed E-state index contributed by atoms with van der Waals surface area (Å²) in [6.45, 7) is 6.43. The average Bonchev–Trinajstić information content (AvgIpc) is 2.56. The Balaban J connectivity index is 2.66. The van der Waals surface area contributed by atoms with Crippen molar-refractivity contribution in [1.29, 1.82) is 0 Å². The highest BCUT2D eigenvalue weighted by Gasteiger charge is 2.09. The number of hydrogen-bond acceptors (Lipinski definition) is 5. The van der Waals surface area contributed by atoms with E-state index in [0.717, 1.165) is 13.1 Å². The van der Waals surface area contributed by atoms with Gasteiger partial charge in [0.1, 0.15) is 0 Å². The maximum atomic E-state index is 5.37. The molecule has 5 heteroatoms. The first-order chi connectivity index (χ1) is 6.31. The zero-order chi connectivity index (χ0) is 9.68. The van der Waals surface area contributed by atoms with E-state index in [0.29, 0.717) is 24.8 Å². The summed E-state index contributed by atoms with van der Waals surface area (Å²) >= 11 is 0. The van der Waals surface area contributed by atoms with Crippen LogP contribution in [0.5, 0.6) is 0 Å². The lowest BCUT2D eigenvalue weighted by Gasteiger charge is -2.14. The second kappa shape index (κ2) is 4.81. The molecule has 2 N–H and O–H groups in total. The molecule has 0 amide bonds. The average molecular weight is 184 g/mol.